The van der Waals surface area contributed by atoms with Crippen molar-refractivity contribution in [2.24, 2.45) is 5.92 Å². The van der Waals surface area contributed by atoms with Crippen molar-refractivity contribution in [3.8, 4) is 0 Å². The first-order valence-corrected chi connectivity index (χ1v) is 7.85. The van der Waals surface area contributed by atoms with Gasteiger partial charge in [0.05, 0.1) is 18.7 Å². The van der Waals surface area contributed by atoms with Crippen LogP contribution < -0.4 is 5.32 Å². The van der Waals surface area contributed by atoms with Crippen LogP contribution in [0.15, 0.2) is 47.1 Å². The van der Waals surface area contributed by atoms with Gasteiger partial charge in [0.1, 0.15) is 5.76 Å². The zero-order valence-electron chi connectivity index (χ0n) is 13.1. The highest BCUT2D eigenvalue weighted by molar-refractivity contribution is 5.97. The summed E-state index contributed by atoms with van der Waals surface area (Å²) in [7, 11) is 0. The van der Waals surface area contributed by atoms with Gasteiger partial charge in [0, 0.05) is 18.7 Å². The van der Waals surface area contributed by atoms with Crippen LogP contribution >= 0.6 is 0 Å². The van der Waals surface area contributed by atoms with Crippen LogP contribution in [0.5, 0.6) is 0 Å². The SMILES string of the molecule is CCc1cccc(NC(=O)[C@@H]2CC(=O)N(Cc3ccco3)C2)c1. The van der Waals surface area contributed by atoms with E-state index < -0.39 is 0 Å². The summed E-state index contributed by atoms with van der Waals surface area (Å²) in [5, 5.41) is 2.92. The van der Waals surface area contributed by atoms with E-state index in [2.05, 4.69) is 12.2 Å². The van der Waals surface area contributed by atoms with Crippen LogP contribution in [0.4, 0.5) is 5.69 Å². The fourth-order valence-corrected chi connectivity index (χ4v) is 2.80. The van der Waals surface area contributed by atoms with E-state index in [1.165, 1.54) is 5.56 Å². The van der Waals surface area contributed by atoms with Crippen molar-refractivity contribution in [1.29, 1.82) is 0 Å². The molecule has 1 saturated heterocycles. The number of hydrogen-bond acceptors (Lipinski definition) is 3. The van der Waals surface area contributed by atoms with E-state index in [4.69, 9.17) is 4.42 Å². The van der Waals surface area contributed by atoms with E-state index in [0.29, 0.717) is 13.1 Å². The number of likely N-dealkylation sites (tertiary alicyclic amines) is 1. The predicted octanol–water partition coefficient (Wildman–Crippen LogP) is 2.83. The molecule has 1 N–H and O–H groups in total. The van der Waals surface area contributed by atoms with Crippen LogP contribution in [-0.2, 0) is 22.6 Å². The number of carbonyl (C=O) groups excluding carboxylic acids is 2. The molecule has 23 heavy (non-hydrogen) atoms. The Morgan fingerprint density at radius 3 is 2.96 bits per heavy atom. The minimum absolute atomic E-state index is 0.0103. The largest absolute Gasteiger partial charge is 0.467 e. The van der Waals surface area contributed by atoms with Crippen LogP contribution in [0, 0.1) is 5.92 Å². The molecule has 1 aliphatic rings. The summed E-state index contributed by atoms with van der Waals surface area (Å²) in [4.78, 5) is 26.1. The van der Waals surface area contributed by atoms with Crippen molar-refractivity contribution in [1.82, 2.24) is 4.90 Å². The summed E-state index contributed by atoms with van der Waals surface area (Å²) < 4.78 is 5.27. The Morgan fingerprint density at radius 1 is 1.35 bits per heavy atom. The first-order chi connectivity index (χ1) is 11.2. The number of hydrogen-bond donors (Lipinski definition) is 1. The lowest BCUT2D eigenvalue weighted by molar-refractivity contribution is -0.128. The molecule has 2 amide bonds. The van der Waals surface area contributed by atoms with E-state index in [0.717, 1.165) is 17.9 Å². The molecule has 2 heterocycles. The van der Waals surface area contributed by atoms with Crippen molar-refractivity contribution < 1.29 is 14.0 Å². The lowest BCUT2D eigenvalue weighted by Gasteiger charge is -2.15. The summed E-state index contributed by atoms with van der Waals surface area (Å²) in [5.74, 6) is 0.301. The van der Waals surface area contributed by atoms with Gasteiger partial charge in [-0.3, -0.25) is 9.59 Å². The third-order valence-corrected chi connectivity index (χ3v) is 4.11. The molecule has 5 heteroatoms. The predicted molar refractivity (Wildman–Crippen MR) is 86.7 cm³/mol. The normalized spacial score (nSPS) is 17.5. The van der Waals surface area contributed by atoms with Gasteiger partial charge in [-0.05, 0) is 36.2 Å². The molecule has 0 unspecified atom stereocenters. The molecule has 0 spiro atoms. The number of rotatable bonds is 5. The second-order valence-electron chi connectivity index (χ2n) is 5.80. The molecule has 1 aromatic heterocycles. The van der Waals surface area contributed by atoms with Gasteiger partial charge in [-0.15, -0.1) is 0 Å². The molecule has 0 aliphatic carbocycles. The average molecular weight is 312 g/mol. The van der Waals surface area contributed by atoms with Crippen LogP contribution in [0.2, 0.25) is 0 Å². The fourth-order valence-electron chi connectivity index (χ4n) is 2.80. The van der Waals surface area contributed by atoms with Gasteiger partial charge in [0.25, 0.3) is 0 Å². The number of carbonyl (C=O) groups is 2. The molecule has 0 saturated carbocycles. The molecule has 3 rings (SSSR count). The van der Waals surface area contributed by atoms with Crippen LogP contribution in [0.1, 0.15) is 24.7 Å². The smallest absolute Gasteiger partial charge is 0.229 e. The Balaban J connectivity index is 1.61. The van der Waals surface area contributed by atoms with Gasteiger partial charge in [-0.2, -0.15) is 0 Å². The van der Waals surface area contributed by atoms with Crippen LogP contribution in [0.3, 0.4) is 0 Å². The Bertz CT molecular complexity index is 694. The zero-order valence-corrected chi connectivity index (χ0v) is 13.1. The second kappa shape index (κ2) is 6.69. The van der Waals surface area contributed by atoms with Crippen molar-refractivity contribution in [3.63, 3.8) is 0 Å². The van der Waals surface area contributed by atoms with Crippen molar-refractivity contribution in [2.45, 2.75) is 26.3 Å². The highest BCUT2D eigenvalue weighted by atomic mass is 16.3. The number of aryl methyl sites for hydroxylation is 1. The van der Waals surface area contributed by atoms with E-state index >= 15 is 0 Å². The number of amides is 2. The summed E-state index contributed by atoms with van der Waals surface area (Å²) in [5.41, 5.74) is 1.95. The molecule has 5 nitrogen and oxygen atoms in total. The molecular formula is C18H20N2O3. The van der Waals surface area contributed by atoms with Gasteiger partial charge in [0.2, 0.25) is 11.8 Å². The van der Waals surface area contributed by atoms with Crippen LogP contribution in [-0.4, -0.2) is 23.3 Å². The Morgan fingerprint density at radius 2 is 2.22 bits per heavy atom. The molecule has 0 radical (unpaired) electrons. The first kappa shape index (κ1) is 15.3. The van der Waals surface area contributed by atoms with E-state index in [1.807, 2.05) is 30.3 Å². The van der Waals surface area contributed by atoms with Gasteiger partial charge in [-0.25, -0.2) is 0 Å². The van der Waals surface area contributed by atoms with Crippen LogP contribution in [0.25, 0.3) is 0 Å². The topological polar surface area (TPSA) is 62.6 Å². The maximum absolute atomic E-state index is 12.4. The lowest BCUT2D eigenvalue weighted by atomic mass is 10.1. The Labute approximate surface area is 135 Å². The molecule has 1 atom stereocenters. The van der Waals surface area contributed by atoms with Gasteiger partial charge in [-0.1, -0.05) is 19.1 Å². The molecule has 1 fully saturated rings. The lowest BCUT2D eigenvalue weighted by Crippen LogP contribution is -2.27. The minimum atomic E-state index is -0.317. The van der Waals surface area contributed by atoms with Crippen molar-refractivity contribution in [2.75, 3.05) is 11.9 Å². The van der Waals surface area contributed by atoms with Crippen molar-refractivity contribution in [3.05, 3.63) is 54.0 Å². The maximum Gasteiger partial charge on any atom is 0.229 e. The number of anilines is 1. The van der Waals surface area contributed by atoms with Crippen molar-refractivity contribution >= 4 is 17.5 Å². The minimum Gasteiger partial charge on any atom is -0.467 e. The Hall–Kier alpha value is -2.56. The van der Waals surface area contributed by atoms with Gasteiger partial charge >= 0.3 is 0 Å². The maximum atomic E-state index is 12.4. The fraction of sp³-hybridized carbons (Fsp3) is 0.333. The first-order valence-electron chi connectivity index (χ1n) is 7.85. The van der Waals surface area contributed by atoms with Gasteiger partial charge < -0.3 is 14.6 Å². The molecular weight excluding hydrogens is 292 g/mol. The Kier molecular flexibility index (Phi) is 4.46. The number of furan rings is 1. The summed E-state index contributed by atoms with van der Waals surface area (Å²) in [6.45, 7) is 2.92. The summed E-state index contributed by atoms with van der Waals surface area (Å²) in [6, 6.07) is 11.4. The molecule has 2 aromatic rings. The standard InChI is InChI=1S/C18H20N2O3/c1-2-13-5-3-6-15(9-13)19-18(22)14-10-17(21)20(11-14)12-16-7-4-8-23-16/h3-9,14H,2,10-12H2,1H3,(H,19,22)/t14-/m1/s1. The van der Waals surface area contributed by atoms with E-state index in [9.17, 15) is 9.59 Å². The monoisotopic (exact) mass is 312 g/mol. The molecule has 0 bridgehead atoms. The number of benzene rings is 1. The average Bonchev–Trinajstić information content (AvgIpc) is 3.18. The zero-order chi connectivity index (χ0) is 16.2. The molecule has 120 valence electrons. The summed E-state index contributed by atoms with van der Waals surface area (Å²) >= 11 is 0. The van der Waals surface area contributed by atoms with E-state index in [1.54, 1.807) is 17.2 Å². The summed E-state index contributed by atoms with van der Waals surface area (Å²) in [6.07, 6.45) is 2.75. The highest BCUT2D eigenvalue weighted by Crippen LogP contribution is 2.22. The quantitative estimate of drug-likeness (QED) is 0.923. The molecule has 1 aliphatic heterocycles. The third kappa shape index (κ3) is 3.62. The molecule has 1 aromatic carbocycles. The number of nitrogens with one attached hydrogen (secondary N) is 1. The number of nitrogens with zero attached hydrogens (tertiary/aromatic N) is 1. The highest BCUT2D eigenvalue weighted by Gasteiger charge is 2.34. The third-order valence-electron chi connectivity index (χ3n) is 4.11. The second-order valence-corrected chi connectivity index (χ2v) is 5.80. The van der Waals surface area contributed by atoms with E-state index in [-0.39, 0.29) is 24.2 Å². The van der Waals surface area contributed by atoms with Gasteiger partial charge in [0.15, 0.2) is 0 Å².